The predicted molar refractivity (Wildman–Crippen MR) is 94.0 cm³/mol. The van der Waals surface area contributed by atoms with Crippen molar-refractivity contribution in [1.29, 1.82) is 0 Å². The molecule has 2 amide bonds. The molecule has 4 rings (SSSR count). The van der Waals surface area contributed by atoms with Crippen LogP contribution in [-0.4, -0.2) is 63.2 Å². The summed E-state index contributed by atoms with van der Waals surface area (Å²) in [5.74, 6) is -0.473. The van der Waals surface area contributed by atoms with Gasteiger partial charge in [-0.25, -0.2) is 4.39 Å². The Kier molecular flexibility index (Phi) is 4.65. The smallest absolute Gasteiger partial charge is 0.249 e. The number of fused-ring (bicyclic) bond motifs is 1. The van der Waals surface area contributed by atoms with E-state index in [0.29, 0.717) is 19.6 Å². The van der Waals surface area contributed by atoms with Crippen molar-refractivity contribution in [3.63, 3.8) is 0 Å². The molecule has 0 saturated carbocycles. The van der Waals surface area contributed by atoms with Crippen LogP contribution in [0, 0.1) is 12.7 Å². The van der Waals surface area contributed by atoms with Crippen LogP contribution in [0.15, 0.2) is 36.7 Å². The van der Waals surface area contributed by atoms with Crippen LogP contribution in [-0.2, 0) is 27.4 Å². The minimum atomic E-state index is -0.309. The third-order valence-corrected chi connectivity index (χ3v) is 5.06. The van der Waals surface area contributed by atoms with Crippen molar-refractivity contribution in [3.05, 3.63) is 53.6 Å². The normalized spacial score (nSPS) is 22.2. The van der Waals surface area contributed by atoms with Crippen LogP contribution in [0.1, 0.15) is 11.1 Å². The van der Waals surface area contributed by atoms with Crippen LogP contribution in [0.25, 0.3) is 0 Å². The fourth-order valence-electron chi connectivity index (χ4n) is 3.65. The van der Waals surface area contributed by atoms with Crippen molar-refractivity contribution < 1.29 is 18.7 Å². The summed E-state index contributed by atoms with van der Waals surface area (Å²) in [5.41, 5.74) is 1.85. The highest BCUT2D eigenvalue weighted by molar-refractivity contribution is 5.80. The number of carbonyl (C=O) groups is 2. The van der Waals surface area contributed by atoms with Crippen molar-refractivity contribution >= 4 is 11.8 Å². The number of aryl methyl sites for hydroxylation is 1. The molecule has 2 aliphatic rings. The average Bonchev–Trinajstić information content (AvgIpc) is 3.25. The van der Waals surface area contributed by atoms with E-state index in [1.165, 1.54) is 12.1 Å². The molecule has 3 heterocycles. The number of amides is 2. The Balaban J connectivity index is 1.45. The van der Waals surface area contributed by atoms with E-state index in [1.807, 2.05) is 13.1 Å². The number of carbonyl (C=O) groups excluding carboxylic acids is 2. The van der Waals surface area contributed by atoms with Crippen LogP contribution in [0.5, 0.6) is 0 Å². The summed E-state index contributed by atoms with van der Waals surface area (Å²) >= 11 is 0. The molecule has 7 nitrogen and oxygen atoms in total. The van der Waals surface area contributed by atoms with Crippen molar-refractivity contribution in [2.75, 3.05) is 19.7 Å². The number of morpholine rings is 1. The third kappa shape index (κ3) is 3.71. The van der Waals surface area contributed by atoms with Crippen LogP contribution in [0.4, 0.5) is 4.39 Å². The van der Waals surface area contributed by atoms with Gasteiger partial charge in [-0.05, 0) is 30.2 Å². The minimum absolute atomic E-state index is 0.00272. The van der Waals surface area contributed by atoms with Gasteiger partial charge in [0.05, 0.1) is 18.3 Å². The van der Waals surface area contributed by atoms with E-state index < -0.39 is 0 Å². The van der Waals surface area contributed by atoms with E-state index in [9.17, 15) is 14.0 Å². The van der Waals surface area contributed by atoms with Crippen molar-refractivity contribution in [3.8, 4) is 0 Å². The number of halogens is 1. The number of benzene rings is 1. The van der Waals surface area contributed by atoms with Gasteiger partial charge in [0, 0.05) is 25.8 Å². The van der Waals surface area contributed by atoms with Gasteiger partial charge >= 0.3 is 0 Å². The summed E-state index contributed by atoms with van der Waals surface area (Å²) in [5, 5.41) is 4.15. The molecule has 2 saturated heterocycles. The third-order valence-electron chi connectivity index (χ3n) is 5.06. The molecule has 8 heteroatoms. The van der Waals surface area contributed by atoms with Gasteiger partial charge in [0.2, 0.25) is 11.8 Å². The lowest BCUT2D eigenvalue weighted by molar-refractivity contribution is -0.153. The number of likely N-dealkylation sites (tertiary alicyclic amines) is 1. The van der Waals surface area contributed by atoms with E-state index in [0.717, 1.165) is 11.1 Å². The Labute approximate surface area is 156 Å². The Morgan fingerprint density at radius 3 is 2.78 bits per heavy atom. The lowest BCUT2D eigenvalue weighted by Crippen LogP contribution is -2.53. The molecule has 0 aliphatic carbocycles. The molecule has 0 unspecified atom stereocenters. The van der Waals surface area contributed by atoms with E-state index in [2.05, 4.69) is 5.10 Å². The van der Waals surface area contributed by atoms with Gasteiger partial charge in [-0.1, -0.05) is 12.1 Å². The molecule has 1 aromatic heterocycles. The van der Waals surface area contributed by atoms with E-state index in [-0.39, 0.29) is 42.9 Å². The molecule has 2 fully saturated rings. The summed E-state index contributed by atoms with van der Waals surface area (Å²) < 4.78 is 20.4. The van der Waals surface area contributed by atoms with Crippen molar-refractivity contribution in [1.82, 2.24) is 19.6 Å². The lowest BCUT2D eigenvalue weighted by Gasteiger charge is -2.36. The van der Waals surface area contributed by atoms with Crippen molar-refractivity contribution in [2.24, 2.45) is 0 Å². The van der Waals surface area contributed by atoms with Crippen LogP contribution >= 0.6 is 0 Å². The number of ether oxygens (including phenoxy) is 1. The molecule has 27 heavy (non-hydrogen) atoms. The second-order valence-corrected chi connectivity index (χ2v) is 7.08. The van der Waals surface area contributed by atoms with Crippen LogP contribution in [0.2, 0.25) is 0 Å². The monoisotopic (exact) mass is 372 g/mol. The largest absolute Gasteiger partial charge is 0.364 e. The predicted octanol–water partition coefficient (Wildman–Crippen LogP) is 0.969. The molecule has 142 valence electrons. The highest BCUT2D eigenvalue weighted by atomic mass is 19.1. The summed E-state index contributed by atoms with van der Waals surface area (Å²) in [6.45, 7) is 3.35. The number of hydrogen-bond donors (Lipinski definition) is 0. The zero-order valence-electron chi connectivity index (χ0n) is 15.0. The van der Waals surface area contributed by atoms with Crippen LogP contribution < -0.4 is 0 Å². The maximum atomic E-state index is 13.1. The van der Waals surface area contributed by atoms with Gasteiger partial charge < -0.3 is 14.5 Å². The van der Waals surface area contributed by atoms with E-state index >= 15 is 0 Å². The first-order chi connectivity index (χ1) is 13.0. The maximum absolute atomic E-state index is 13.1. The Morgan fingerprint density at radius 2 is 2.07 bits per heavy atom. The molecule has 1 aromatic carbocycles. The second kappa shape index (κ2) is 7.11. The quantitative estimate of drug-likeness (QED) is 0.802. The number of aromatic nitrogens is 2. The fourth-order valence-corrected chi connectivity index (χ4v) is 3.65. The van der Waals surface area contributed by atoms with E-state index in [1.54, 1.807) is 32.8 Å². The summed E-state index contributed by atoms with van der Waals surface area (Å²) in [4.78, 5) is 28.5. The Bertz CT molecular complexity index is 851. The molecule has 2 atom stereocenters. The zero-order valence-corrected chi connectivity index (χ0v) is 15.0. The molecule has 0 bridgehead atoms. The van der Waals surface area contributed by atoms with Crippen LogP contribution in [0.3, 0.4) is 0 Å². The van der Waals surface area contributed by atoms with Gasteiger partial charge in [-0.2, -0.15) is 5.10 Å². The first-order valence-corrected chi connectivity index (χ1v) is 8.92. The zero-order chi connectivity index (χ0) is 19.0. The van der Waals surface area contributed by atoms with Gasteiger partial charge in [-0.3, -0.25) is 14.3 Å². The van der Waals surface area contributed by atoms with Gasteiger partial charge in [-0.15, -0.1) is 0 Å². The molecule has 2 aliphatic heterocycles. The molecular formula is C19H21FN4O3. The minimum Gasteiger partial charge on any atom is -0.364 e. The first kappa shape index (κ1) is 17.7. The lowest BCUT2D eigenvalue weighted by atomic mass is 10.1. The number of nitrogens with zero attached hydrogens (tertiary/aromatic N) is 4. The maximum Gasteiger partial charge on any atom is 0.249 e. The molecule has 0 radical (unpaired) electrons. The number of hydrogen-bond acceptors (Lipinski definition) is 4. The topological polar surface area (TPSA) is 67.7 Å². The molecular weight excluding hydrogens is 351 g/mol. The van der Waals surface area contributed by atoms with Gasteiger partial charge in [0.15, 0.2) is 0 Å². The Hall–Kier alpha value is -2.74. The number of rotatable bonds is 4. The van der Waals surface area contributed by atoms with Gasteiger partial charge in [0.25, 0.3) is 0 Å². The summed E-state index contributed by atoms with van der Waals surface area (Å²) in [6, 6.07) is 5.91. The molecule has 2 aromatic rings. The Morgan fingerprint density at radius 1 is 1.30 bits per heavy atom. The molecule has 0 spiro atoms. The standard InChI is InChI=1S/C19H21FN4O3/c1-13-6-21-23(7-13)11-18(25)22-9-16-17(10-22)27-12-19(26)24(16)8-14-2-4-15(20)5-3-14/h2-7,16-17H,8-12H2,1H3/t16-,17-/m1/s1. The van der Waals surface area contributed by atoms with E-state index in [4.69, 9.17) is 4.74 Å². The SMILES string of the molecule is Cc1cnn(CC(=O)N2C[C@@H]3[C@@H](C2)OCC(=O)N3Cc2ccc(F)cc2)c1. The van der Waals surface area contributed by atoms with Gasteiger partial charge in [0.1, 0.15) is 19.0 Å². The fraction of sp³-hybridized carbons (Fsp3) is 0.421. The van der Waals surface area contributed by atoms with Crippen molar-refractivity contribution in [2.45, 2.75) is 32.2 Å². The first-order valence-electron chi connectivity index (χ1n) is 8.92. The highest BCUT2D eigenvalue weighted by Crippen LogP contribution is 2.25. The second-order valence-electron chi connectivity index (χ2n) is 7.08. The summed E-state index contributed by atoms with van der Waals surface area (Å²) in [7, 11) is 0. The average molecular weight is 372 g/mol. The highest BCUT2D eigenvalue weighted by Gasteiger charge is 2.44. The summed E-state index contributed by atoms with van der Waals surface area (Å²) in [6.07, 6.45) is 3.33. The molecule has 0 N–H and O–H groups in total.